The van der Waals surface area contributed by atoms with E-state index < -0.39 is 29.2 Å². The van der Waals surface area contributed by atoms with Crippen LogP contribution < -0.4 is 11.1 Å². The number of H-pyrrole nitrogens is 1. The second-order valence-corrected chi connectivity index (χ2v) is 11.8. The molecule has 0 atom stereocenters. The minimum atomic E-state index is -1.30. The van der Waals surface area contributed by atoms with Gasteiger partial charge in [0.1, 0.15) is 11.2 Å². The molecule has 1 saturated carbocycles. The molecule has 12 heteroatoms. The molecule has 0 radical (unpaired) electrons. The predicted octanol–water partition coefficient (Wildman–Crippen LogP) is 5.07. The maximum Gasteiger partial charge on any atom is 0.317 e. The standard InChI is InChI=1S/C33H35FN6O5/c1-32(30(42)45-33(29(35)41)15-6-3-7-16-33)19-43-28(44-20-32)27-39-25(22-10-12-23(34)13-11-22)26(40-27)24-14-17-36-31(38-24)37-18-21-8-4-2-5-9-21/h2,4-5,8-14,17,28H,3,6-7,15-16,18-20H2,1H3,(H2,35,41)(H,39,40)(H,36,37,38). The van der Waals surface area contributed by atoms with Gasteiger partial charge in [-0.05, 0) is 68.5 Å². The second kappa shape index (κ2) is 12.7. The maximum absolute atomic E-state index is 13.8. The third-order valence-corrected chi connectivity index (χ3v) is 8.27. The zero-order chi connectivity index (χ0) is 31.4. The van der Waals surface area contributed by atoms with E-state index >= 15 is 0 Å². The molecule has 1 aliphatic carbocycles. The Morgan fingerprint density at radius 1 is 1.02 bits per heavy atom. The fourth-order valence-corrected chi connectivity index (χ4v) is 5.57. The maximum atomic E-state index is 13.8. The molecular weight excluding hydrogens is 579 g/mol. The molecule has 3 heterocycles. The largest absolute Gasteiger partial charge is 0.448 e. The number of carbonyl (C=O) groups excluding carboxylic acids is 2. The number of primary amides is 1. The molecule has 1 amide bonds. The van der Waals surface area contributed by atoms with E-state index in [9.17, 15) is 14.0 Å². The van der Waals surface area contributed by atoms with Gasteiger partial charge >= 0.3 is 5.97 Å². The van der Waals surface area contributed by atoms with E-state index in [1.54, 1.807) is 31.3 Å². The zero-order valence-electron chi connectivity index (χ0n) is 24.9. The van der Waals surface area contributed by atoms with Gasteiger partial charge in [-0.25, -0.2) is 19.3 Å². The van der Waals surface area contributed by atoms with Crippen molar-refractivity contribution in [1.29, 1.82) is 0 Å². The average Bonchev–Trinajstić information content (AvgIpc) is 3.51. The van der Waals surface area contributed by atoms with Gasteiger partial charge < -0.3 is 30.2 Å². The topological polar surface area (TPSA) is 154 Å². The van der Waals surface area contributed by atoms with E-state index in [1.165, 1.54) is 12.1 Å². The molecule has 11 nitrogen and oxygen atoms in total. The number of aromatic nitrogens is 4. The van der Waals surface area contributed by atoms with Gasteiger partial charge in [-0.2, -0.15) is 0 Å². The van der Waals surface area contributed by atoms with Crippen LogP contribution in [0.4, 0.5) is 10.3 Å². The number of anilines is 1. The molecule has 6 rings (SSSR count). The van der Waals surface area contributed by atoms with Gasteiger partial charge in [-0.15, -0.1) is 0 Å². The van der Waals surface area contributed by atoms with Crippen LogP contribution in [0.15, 0.2) is 66.9 Å². The molecule has 0 bridgehead atoms. The second-order valence-electron chi connectivity index (χ2n) is 11.8. The highest BCUT2D eigenvalue weighted by Gasteiger charge is 2.48. The summed E-state index contributed by atoms with van der Waals surface area (Å²) in [5.41, 5.74) is 6.56. The van der Waals surface area contributed by atoms with Crippen LogP contribution in [0.25, 0.3) is 22.6 Å². The molecule has 45 heavy (non-hydrogen) atoms. The van der Waals surface area contributed by atoms with Crippen LogP contribution in [0, 0.1) is 11.2 Å². The quantitative estimate of drug-likeness (QED) is 0.219. The van der Waals surface area contributed by atoms with Crippen molar-refractivity contribution < 1.29 is 28.2 Å². The summed E-state index contributed by atoms with van der Waals surface area (Å²) in [6.45, 7) is 2.14. The number of hydrogen-bond donors (Lipinski definition) is 3. The van der Waals surface area contributed by atoms with E-state index in [1.807, 2.05) is 30.3 Å². The van der Waals surface area contributed by atoms with Crippen molar-refractivity contribution in [2.75, 3.05) is 18.5 Å². The number of nitrogens with zero attached hydrogens (tertiary/aromatic N) is 3. The summed E-state index contributed by atoms with van der Waals surface area (Å²) < 4.78 is 31.6. The highest BCUT2D eigenvalue weighted by Crippen LogP contribution is 2.38. The van der Waals surface area contributed by atoms with E-state index in [-0.39, 0.29) is 19.0 Å². The number of esters is 1. The summed E-state index contributed by atoms with van der Waals surface area (Å²) in [7, 11) is 0. The fraction of sp³-hybridized carbons (Fsp3) is 0.364. The molecule has 0 unspecified atom stereocenters. The number of imidazole rings is 1. The Bertz CT molecular complexity index is 1650. The average molecular weight is 615 g/mol. The van der Waals surface area contributed by atoms with Crippen molar-refractivity contribution in [3.63, 3.8) is 0 Å². The monoisotopic (exact) mass is 614 g/mol. The number of nitrogens with two attached hydrogens (primary N) is 1. The number of amides is 1. The SMILES string of the molecule is CC1(C(=O)OC2(C(N)=O)CCCCC2)COC(c2nc(-c3ccc(F)cc3)c(-c3ccnc(NCc4ccccc4)n3)[nH]2)OC1. The lowest BCUT2D eigenvalue weighted by Gasteiger charge is -2.39. The smallest absolute Gasteiger partial charge is 0.317 e. The van der Waals surface area contributed by atoms with Crippen molar-refractivity contribution in [3.8, 4) is 22.6 Å². The number of hydrogen-bond acceptors (Lipinski definition) is 9. The van der Waals surface area contributed by atoms with Gasteiger partial charge in [-0.1, -0.05) is 36.8 Å². The Kier molecular flexibility index (Phi) is 8.59. The molecule has 2 fully saturated rings. The summed E-state index contributed by atoms with van der Waals surface area (Å²) in [5, 5.41) is 3.24. The van der Waals surface area contributed by atoms with Crippen molar-refractivity contribution in [2.24, 2.45) is 11.1 Å². The number of halogens is 1. The summed E-state index contributed by atoms with van der Waals surface area (Å²) in [4.78, 5) is 42.7. The molecule has 2 aromatic carbocycles. The molecule has 4 aromatic rings. The lowest BCUT2D eigenvalue weighted by molar-refractivity contribution is -0.243. The van der Waals surface area contributed by atoms with Crippen molar-refractivity contribution in [3.05, 3.63) is 84.1 Å². The van der Waals surface area contributed by atoms with Crippen LogP contribution in [-0.4, -0.2) is 50.6 Å². The Balaban J connectivity index is 1.22. The summed E-state index contributed by atoms with van der Waals surface area (Å²) in [5.74, 6) is -0.830. The minimum absolute atomic E-state index is 0.0334. The summed E-state index contributed by atoms with van der Waals surface area (Å²) in [6, 6.07) is 17.6. The van der Waals surface area contributed by atoms with Crippen molar-refractivity contribution >= 4 is 17.8 Å². The van der Waals surface area contributed by atoms with Crippen LogP contribution in [0.2, 0.25) is 0 Å². The normalized spacial score (nSPS) is 21.2. The van der Waals surface area contributed by atoms with Gasteiger partial charge in [0.25, 0.3) is 5.91 Å². The number of benzene rings is 2. The number of ether oxygens (including phenoxy) is 3. The zero-order valence-corrected chi connectivity index (χ0v) is 24.9. The van der Waals surface area contributed by atoms with Crippen LogP contribution in [0.5, 0.6) is 0 Å². The van der Waals surface area contributed by atoms with E-state index in [4.69, 9.17) is 29.9 Å². The van der Waals surface area contributed by atoms with E-state index in [0.29, 0.717) is 53.8 Å². The number of rotatable bonds is 9. The van der Waals surface area contributed by atoms with E-state index in [2.05, 4.69) is 15.3 Å². The van der Waals surface area contributed by atoms with Gasteiger partial charge in [0.15, 0.2) is 11.4 Å². The Hall–Kier alpha value is -4.68. The summed E-state index contributed by atoms with van der Waals surface area (Å²) >= 11 is 0. The Labute approximate surface area is 259 Å². The molecule has 0 spiro atoms. The van der Waals surface area contributed by atoms with Crippen LogP contribution in [0.1, 0.15) is 56.7 Å². The Morgan fingerprint density at radius 3 is 2.42 bits per heavy atom. The lowest BCUT2D eigenvalue weighted by Crippen LogP contribution is -2.53. The van der Waals surface area contributed by atoms with Crippen LogP contribution in [-0.2, 0) is 30.3 Å². The molecule has 234 valence electrons. The highest BCUT2D eigenvalue weighted by molar-refractivity contribution is 5.88. The number of nitrogens with one attached hydrogen (secondary N) is 2. The molecule has 4 N–H and O–H groups in total. The number of carbonyl (C=O) groups is 2. The van der Waals surface area contributed by atoms with Crippen molar-refractivity contribution in [1.82, 2.24) is 19.9 Å². The van der Waals surface area contributed by atoms with Gasteiger partial charge in [0, 0.05) is 18.3 Å². The summed E-state index contributed by atoms with van der Waals surface area (Å²) in [6.07, 6.45) is 4.00. The first kappa shape index (κ1) is 30.4. The van der Waals surface area contributed by atoms with Gasteiger partial charge in [-0.3, -0.25) is 9.59 Å². The predicted molar refractivity (Wildman–Crippen MR) is 163 cm³/mol. The Morgan fingerprint density at radius 2 is 1.73 bits per heavy atom. The first-order valence-electron chi connectivity index (χ1n) is 15.0. The third kappa shape index (κ3) is 6.57. The highest BCUT2D eigenvalue weighted by atomic mass is 19.1. The lowest BCUT2D eigenvalue weighted by atomic mass is 9.83. The van der Waals surface area contributed by atoms with Gasteiger partial charge in [0.05, 0.1) is 30.3 Å². The number of aromatic amines is 1. The van der Waals surface area contributed by atoms with Crippen LogP contribution >= 0.6 is 0 Å². The third-order valence-electron chi connectivity index (χ3n) is 8.27. The van der Waals surface area contributed by atoms with E-state index in [0.717, 1.165) is 24.8 Å². The van der Waals surface area contributed by atoms with Crippen LogP contribution in [0.3, 0.4) is 0 Å². The fourth-order valence-electron chi connectivity index (χ4n) is 5.57. The first-order chi connectivity index (χ1) is 21.7. The molecular formula is C33H35FN6O5. The molecule has 1 aliphatic heterocycles. The molecule has 2 aromatic heterocycles. The molecule has 1 saturated heterocycles. The van der Waals surface area contributed by atoms with Gasteiger partial charge in [0.2, 0.25) is 12.2 Å². The molecule has 2 aliphatic rings. The van der Waals surface area contributed by atoms with Crippen molar-refractivity contribution in [2.45, 2.75) is 57.5 Å². The minimum Gasteiger partial charge on any atom is -0.448 e. The first-order valence-corrected chi connectivity index (χ1v) is 15.0.